The smallest absolute Gasteiger partial charge is 0.0995 e. The molecule has 3 heteroatoms. The van der Waals surface area contributed by atoms with Crippen molar-refractivity contribution in [1.82, 2.24) is 5.32 Å². The number of hydrogen-bond donors (Lipinski definition) is 1. The molecule has 78 valence electrons. The number of thioether (sulfide) groups is 1. The molecule has 1 aromatic carbocycles. The van der Waals surface area contributed by atoms with Gasteiger partial charge in [0.2, 0.25) is 0 Å². The van der Waals surface area contributed by atoms with E-state index in [-0.39, 0.29) is 0 Å². The minimum atomic E-state index is 0.297. The van der Waals surface area contributed by atoms with Crippen molar-refractivity contribution in [2.24, 2.45) is 0 Å². The third-order valence-corrected chi connectivity index (χ3v) is 4.03. The number of nitrogens with zero attached hydrogens (tertiary/aromatic N) is 1. The molecule has 0 saturated carbocycles. The summed E-state index contributed by atoms with van der Waals surface area (Å²) in [5, 5.41) is 12.9. The predicted octanol–water partition coefficient (Wildman–Crippen LogP) is 2.67. The second-order valence-corrected chi connectivity index (χ2v) is 4.82. The first kappa shape index (κ1) is 10.5. The van der Waals surface area contributed by atoms with E-state index in [1.807, 2.05) is 36.0 Å². The Morgan fingerprint density at radius 3 is 3.00 bits per heavy atom. The Kier molecular flexibility index (Phi) is 3.30. The highest BCUT2D eigenvalue weighted by atomic mass is 32.2. The number of nitriles is 1. The van der Waals surface area contributed by atoms with Crippen LogP contribution in [0.3, 0.4) is 0 Å². The second-order valence-electron chi connectivity index (χ2n) is 3.68. The number of rotatable bonds is 2. The van der Waals surface area contributed by atoms with Gasteiger partial charge in [-0.25, -0.2) is 0 Å². The maximum Gasteiger partial charge on any atom is 0.0995 e. The highest BCUT2D eigenvalue weighted by Gasteiger charge is 2.25. The van der Waals surface area contributed by atoms with Crippen molar-refractivity contribution in [3.63, 3.8) is 0 Å². The number of nitrogens with one attached hydrogen (secondary N) is 1. The van der Waals surface area contributed by atoms with Gasteiger partial charge in [0.05, 0.1) is 17.0 Å². The fourth-order valence-electron chi connectivity index (χ4n) is 1.77. The van der Waals surface area contributed by atoms with Crippen LogP contribution in [0.4, 0.5) is 0 Å². The first-order chi connectivity index (χ1) is 7.35. The molecule has 1 aliphatic heterocycles. The standard InChI is InChI=1S/C12H14N2S/c1-2-10-8-15-12(14-10)11-6-4-3-5-9(11)7-13/h3-6,10,12,14H,2,8H2,1H3. The van der Waals surface area contributed by atoms with Gasteiger partial charge in [0.1, 0.15) is 0 Å². The molecule has 2 rings (SSSR count). The summed E-state index contributed by atoms with van der Waals surface area (Å²) in [6.07, 6.45) is 1.15. The Morgan fingerprint density at radius 2 is 2.33 bits per heavy atom. The lowest BCUT2D eigenvalue weighted by Crippen LogP contribution is -2.24. The van der Waals surface area contributed by atoms with Crippen LogP contribution in [0.1, 0.15) is 29.8 Å². The third kappa shape index (κ3) is 2.17. The van der Waals surface area contributed by atoms with E-state index in [0.717, 1.165) is 23.3 Å². The summed E-state index contributed by atoms with van der Waals surface area (Å²) in [6, 6.07) is 10.7. The topological polar surface area (TPSA) is 35.8 Å². The van der Waals surface area contributed by atoms with Crippen LogP contribution in [0.2, 0.25) is 0 Å². The van der Waals surface area contributed by atoms with Gasteiger partial charge in [-0.3, -0.25) is 5.32 Å². The van der Waals surface area contributed by atoms with Gasteiger partial charge in [0.25, 0.3) is 0 Å². The minimum Gasteiger partial charge on any atom is -0.298 e. The molecule has 1 heterocycles. The molecule has 2 nitrogen and oxygen atoms in total. The molecule has 0 bridgehead atoms. The maximum absolute atomic E-state index is 9.01. The van der Waals surface area contributed by atoms with E-state index in [1.54, 1.807) is 0 Å². The number of benzene rings is 1. The van der Waals surface area contributed by atoms with Crippen LogP contribution in [0.5, 0.6) is 0 Å². The molecule has 0 aromatic heterocycles. The molecule has 0 aliphatic carbocycles. The van der Waals surface area contributed by atoms with E-state index < -0.39 is 0 Å². The van der Waals surface area contributed by atoms with Crippen molar-refractivity contribution in [2.75, 3.05) is 5.75 Å². The van der Waals surface area contributed by atoms with E-state index >= 15 is 0 Å². The summed E-state index contributed by atoms with van der Waals surface area (Å²) in [5.41, 5.74) is 1.92. The molecule has 0 amide bonds. The molecular weight excluding hydrogens is 204 g/mol. The minimum absolute atomic E-state index is 0.297. The van der Waals surface area contributed by atoms with Crippen molar-refractivity contribution in [1.29, 1.82) is 5.26 Å². The third-order valence-electron chi connectivity index (χ3n) is 2.71. The van der Waals surface area contributed by atoms with Crippen LogP contribution < -0.4 is 5.32 Å². The van der Waals surface area contributed by atoms with Crippen molar-refractivity contribution >= 4 is 11.8 Å². The summed E-state index contributed by atoms with van der Waals surface area (Å²) < 4.78 is 0. The van der Waals surface area contributed by atoms with Gasteiger partial charge in [0.15, 0.2) is 0 Å². The van der Waals surface area contributed by atoms with Gasteiger partial charge in [-0.05, 0) is 18.1 Å². The fourth-order valence-corrected chi connectivity index (χ4v) is 3.20. The first-order valence-corrected chi connectivity index (χ1v) is 6.26. The first-order valence-electron chi connectivity index (χ1n) is 5.21. The van der Waals surface area contributed by atoms with E-state index in [2.05, 4.69) is 18.3 Å². The van der Waals surface area contributed by atoms with Crippen LogP contribution in [-0.4, -0.2) is 11.8 Å². The zero-order valence-electron chi connectivity index (χ0n) is 8.73. The molecular formula is C12H14N2S. The van der Waals surface area contributed by atoms with Crippen molar-refractivity contribution < 1.29 is 0 Å². The summed E-state index contributed by atoms with van der Waals surface area (Å²) in [7, 11) is 0. The van der Waals surface area contributed by atoms with Gasteiger partial charge in [-0.2, -0.15) is 5.26 Å². The lowest BCUT2D eigenvalue weighted by molar-refractivity contribution is 0.561. The molecule has 0 radical (unpaired) electrons. The van der Waals surface area contributed by atoms with Crippen LogP contribution in [-0.2, 0) is 0 Å². The molecule has 1 aliphatic rings. The predicted molar refractivity (Wildman–Crippen MR) is 63.6 cm³/mol. The summed E-state index contributed by atoms with van der Waals surface area (Å²) >= 11 is 1.90. The second kappa shape index (κ2) is 4.69. The molecule has 2 atom stereocenters. The molecule has 1 aromatic rings. The van der Waals surface area contributed by atoms with E-state index in [0.29, 0.717) is 11.4 Å². The average Bonchev–Trinajstić information content (AvgIpc) is 2.77. The lowest BCUT2D eigenvalue weighted by Gasteiger charge is -2.13. The zero-order valence-corrected chi connectivity index (χ0v) is 9.55. The van der Waals surface area contributed by atoms with Crippen molar-refractivity contribution in [2.45, 2.75) is 24.8 Å². The highest BCUT2D eigenvalue weighted by molar-refractivity contribution is 7.99. The van der Waals surface area contributed by atoms with Gasteiger partial charge < -0.3 is 0 Å². The molecule has 1 saturated heterocycles. The molecule has 1 fully saturated rings. The summed E-state index contributed by atoms with van der Waals surface area (Å²) in [5.74, 6) is 1.14. The van der Waals surface area contributed by atoms with Gasteiger partial charge in [-0.1, -0.05) is 25.1 Å². The monoisotopic (exact) mass is 218 g/mol. The maximum atomic E-state index is 9.01. The van der Waals surface area contributed by atoms with Crippen molar-refractivity contribution in [3.8, 4) is 6.07 Å². The Morgan fingerprint density at radius 1 is 1.53 bits per heavy atom. The molecule has 0 spiro atoms. The van der Waals surface area contributed by atoms with E-state index in [1.165, 1.54) is 0 Å². The molecule has 15 heavy (non-hydrogen) atoms. The quantitative estimate of drug-likeness (QED) is 0.829. The van der Waals surface area contributed by atoms with Gasteiger partial charge >= 0.3 is 0 Å². The van der Waals surface area contributed by atoms with Crippen LogP contribution >= 0.6 is 11.8 Å². The van der Waals surface area contributed by atoms with Crippen LogP contribution in [0.15, 0.2) is 24.3 Å². The summed E-state index contributed by atoms with van der Waals surface area (Å²) in [6.45, 7) is 2.19. The average molecular weight is 218 g/mol. The molecule has 1 N–H and O–H groups in total. The van der Waals surface area contributed by atoms with Gasteiger partial charge in [-0.15, -0.1) is 11.8 Å². The largest absolute Gasteiger partial charge is 0.298 e. The van der Waals surface area contributed by atoms with E-state index in [9.17, 15) is 0 Å². The Hall–Kier alpha value is -0.980. The van der Waals surface area contributed by atoms with Crippen LogP contribution in [0.25, 0.3) is 0 Å². The highest BCUT2D eigenvalue weighted by Crippen LogP contribution is 2.34. The lowest BCUT2D eigenvalue weighted by atomic mass is 10.1. The summed E-state index contributed by atoms with van der Waals surface area (Å²) in [4.78, 5) is 0. The Bertz CT molecular complexity index is 383. The molecule has 2 unspecified atom stereocenters. The SMILES string of the molecule is CCC1CSC(c2ccccc2C#N)N1. The normalized spacial score (nSPS) is 25.1. The van der Waals surface area contributed by atoms with Crippen LogP contribution in [0, 0.1) is 11.3 Å². The fraction of sp³-hybridized carbons (Fsp3) is 0.417. The van der Waals surface area contributed by atoms with Gasteiger partial charge in [0, 0.05) is 11.8 Å². The van der Waals surface area contributed by atoms with Crippen molar-refractivity contribution in [3.05, 3.63) is 35.4 Å². The Labute approximate surface area is 94.7 Å². The zero-order chi connectivity index (χ0) is 10.7. The number of hydrogen-bond acceptors (Lipinski definition) is 3. The van der Waals surface area contributed by atoms with E-state index in [4.69, 9.17) is 5.26 Å². The Balaban J connectivity index is 2.20.